The summed E-state index contributed by atoms with van der Waals surface area (Å²) in [5, 5.41) is 4.56. The van der Waals surface area contributed by atoms with E-state index in [1.165, 1.54) is 16.5 Å². The minimum atomic E-state index is 0.983. The lowest BCUT2D eigenvalue weighted by Gasteiger charge is -2.14. The molecule has 1 N–H and O–H groups in total. The van der Waals surface area contributed by atoms with Gasteiger partial charge in [-0.15, -0.1) is 0 Å². The summed E-state index contributed by atoms with van der Waals surface area (Å²) in [4.78, 5) is 0. The molecule has 3 rings (SSSR count). The van der Waals surface area contributed by atoms with Crippen LogP contribution in [0, 0.1) is 6.92 Å². The maximum Gasteiger partial charge on any atom is 0.134 e. The Morgan fingerprint density at radius 2 is 2.00 bits per heavy atom. The average molecular weight is 227 g/mol. The molecule has 0 unspecified atom stereocenters. The highest BCUT2D eigenvalue weighted by atomic mass is 16.3. The lowest BCUT2D eigenvalue weighted by molar-refractivity contribution is 0.593. The normalized spacial score (nSPS) is 16.4. The third kappa shape index (κ3) is 2.27. The molecule has 0 amide bonds. The van der Waals surface area contributed by atoms with Gasteiger partial charge in [-0.05, 0) is 57.1 Å². The molecule has 0 radical (unpaired) electrons. The Balaban J connectivity index is 1.95. The Bertz CT molecular complexity index is 557. The number of nitrogens with one attached hydrogen (secondary N) is 1. The maximum absolute atomic E-state index is 5.83. The number of rotatable bonds is 1. The summed E-state index contributed by atoms with van der Waals surface area (Å²) in [5.41, 5.74) is 3.75. The largest absolute Gasteiger partial charge is 0.457 e. The van der Waals surface area contributed by atoms with Gasteiger partial charge in [-0.2, -0.15) is 0 Å². The molecule has 0 bridgehead atoms. The van der Waals surface area contributed by atoms with Gasteiger partial charge in [0.15, 0.2) is 0 Å². The average Bonchev–Trinajstić information content (AvgIpc) is 2.71. The van der Waals surface area contributed by atoms with Gasteiger partial charge in [0.25, 0.3) is 0 Å². The zero-order valence-corrected chi connectivity index (χ0v) is 10.1. The van der Waals surface area contributed by atoms with Crippen molar-refractivity contribution >= 4 is 17.0 Å². The van der Waals surface area contributed by atoms with Crippen LogP contribution in [0.2, 0.25) is 0 Å². The highest BCUT2D eigenvalue weighted by Crippen LogP contribution is 2.23. The van der Waals surface area contributed by atoms with Crippen molar-refractivity contribution in [3.05, 3.63) is 41.2 Å². The monoisotopic (exact) mass is 227 g/mol. The van der Waals surface area contributed by atoms with Gasteiger partial charge in [-0.25, -0.2) is 0 Å². The number of hydrogen-bond acceptors (Lipinski definition) is 2. The van der Waals surface area contributed by atoms with Crippen molar-refractivity contribution in [2.45, 2.75) is 19.8 Å². The van der Waals surface area contributed by atoms with Gasteiger partial charge in [0.2, 0.25) is 0 Å². The molecule has 2 heteroatoms. The molecule has 0 saturated carbocycles. The summed E-state index contributed by atoms with van der Waals surface area (Å²) < 4.78 is 5.83. The molecule has 1 aromatic heterocycles. The van der Waals surface area contributed by atoms with Crippen LogP contribution in [0.25, 0.3) is 17.0 Å². The van der Waals surface area contributed by atoms with Crippen molar-refractivity contribution in [3.63, 3.8) is 0 Å². The minimum absolute atomic E-state index is 0.983. The first kappa shape index (κ1) is 10.6. The standard InChI is InChI=1S/C15H17NO/c1-11-2-3-15-13(8-11)10-14(17-15)9-12-4-6-16-7-5-12/h2-3,8-10,16H,4-7H2,1H3. The molecule has 0 aliphatic carbocycles. The zero-order valence-electron chi connectivity index (χ0n) is 10.1. The van der Waals surface area contributed by atoms with E-state index in [1.807, 2.05) is 0 Å². The van der Waals surface area contributed by atoms with Crippen molar-refractivity contribution in [3.8, 4) is 0 Å². The highest BCUT2D eigenvalue weighted by Gasteiger charge is 2.07. The van der Waals surface area contributed by atoms with E-state index < -0.39 is 0 Å². The number of piperidine rings is 1. The van der Waals surface area contributed by atoms with E-state index in [2.05, 4.69) is 42.6 Å². The molecule has 88 valence electrons. The van der Waals surface area contributed by atoms with Crippen LogP contribution in [0.1, 0.15) is 24.2 Å². The molecular formula is C15H17NO. The summed E-state index contributed by atoms with van der Waals surface area (Å²) in [5.74, 6) is 0.988. The smallest absolute Gasteiger partial charge is 0.134 e. The second kappa shape index (κ2) is 4.38. The van der Waals surface area contributed by atoms with Crippen LogP contribution in [0.5, 0.6) is 0 Å². The van der Waals surface area contributed by atoms with Crippen LogP contribution in [-0.4, -0.2) is 13.1 Å². The topological polar surface area (TPSA) is 25.2 Å². The van der Waals surface area contributed by atoms with E-state index in [1.54, 1.807) is 0 Å². The van der Waals surface area contributed by atoms with Crippen molar-refractivity contribution in [1.29, 1.82) is 0 Å². The Kier molecular flexibility index (Phi) is 2.73. The SMILES string of the molecule is Cc1ccc2oc(C=C3CCNCC3)cc2c1. The van der Waals surface area contributed by atoms with Crippen molar-refractivity contribution < 1.29 is 4.42 Å². The van der Waals surface area contributed by atoms with Crippen molar-refractivity contribution in [2.75, 3.05) is 13.1 Å². The Hall–Kier alpha value is -1.54. The third-order valence-electron chi connectivity index (χ3n) is 3.28. The van der Waals surface area contributed by atoms with E-state index in [0.29, 0.717) is 0 Å². The van der Waals surface area contributed by atoms with Crippen LogP contribution in [0.15, 0.2) is 34.3 Å². The van der Waals surface area contributed by atoms with E-state index in [4.69, 9.17) is 4.42 Å². The van der Waals surface area contributed by atoms with Crippen molar-refractivity contribution in [1.82, 2.24) is 5.32 Å². The molecule has 2 aromatic rings. The summed E-state index contributed by atoms with van der Waals surface area (Å²) in [7, 11) is 0. The fourth-order valence-corrected chi connectivity index (χ4v) is 2.35. The molecule has 1 fully saturated rings. The second-order valence-electron chi connectivity index (χ2n) is 4.74. The van der Waals surface area contributed by atoms with Crippen LogP contribution >= 0.6 is 0 Å². The summed E-state index contributed by atoms with van der Waals surface area (Å²) >= 11 is 0. The van der Waals surface area contributed by atoms with E-state index in [-0.39, 0.29) is 0 Å². The molecule has 1 aromatic carbocycles. The Morgan fingerprint density at radius 1 is 1.18 bits per heavy atom. The summed E-state index contributed by atoms with van der Waals surface area (Å²) in [6.07, 6.45) is 4.47. The van der Waals surface area contributed by atoms with E-state index in [0.717, 1.165) is 37.3 Å². The highest BCUT2D eigenvalue weighted by molar-refractivity contribution is 5.80. The second-order valence-corrected chi connectivity index (χ2v) is 4.74. The van der Waals surface area contributed by atoms with Crippen LogP contribution in [-0.2, 0) is 0 Å². The first-order valence-electron chi connectivity index (χ1n) is 6.22. The molecule has 1 aliphatic rings. The fourth-order valence-electron chi connectivity index (χ4n) is 2.35. The minimum Gasteiger partial charge on any atom is -0.457 e. The Morgan fingerprint density at radius 3 is 2.82 bits per heavy atom. The van der Waals surface area contributed by atoms with Crippen LogP contribution in [0.4, 0.5) is 0 Å². The number of fused-ring (bicyclic) bond motifs is 1. The Labute approximate surface area is 101 Å². The van der Waals surface area contributed by atoms with Gasteiger partial charge >= 0.3 is 0 Å². The van der Waals surface area contributed by atoms with Crippen LogP contribution < -0.4 is 5.32 Å². The van der Waals surface area contributed by atoms with Crippen molar-refractivity contribution in [2.24, 2.45) is 0 Å². The van der Waals surface area contributed by atoms with E-state index >= 15 is 0 Å². The molecule has 17 heavy (non-hydrogen) atoms. The lowest BCUT2D eigenvalue weighted by atomic mass is 10.0. The number of hydrogen-bond donors (Lipinski definition) is 1. The molecule has 0 atom stereocenters. The quantitative estimate of drug-likeness (QED) is 0.806. The predicted molar refractivity (Wildman–Crippen MR) is 71.0 cm³/mol. The predicted octanol–water partition coefficient (Wildman–Crippen LogP) is 3.51. The molecule has 2 heterocycles. The third-order valence-corrected chi connectivity index (χ3v) is 3.28. The van der Waals surface area contributed by atoms with Gasteiger partial charge in [0, 0.05) is 5.39 Å². The molecule has 2 nitrogen and oxygen atoms in total. The molecule has 1 saturated heterocycles. The van der Waals surface area contributed by atoms with Gasteiger partial charge in [-0.3, -0.25) is 0 Å². The first-order valence-corrected chi connectivity index (χ1v) is 6.22. The van der Waals surface area contributed by atoms with Crippen LogP contribution in [0.3, 0.4) is 0 Å². The molecule has 0 spiro atoms. The lowest BCUT2D eigenvalue weighted by Crippen LogP contribution is -2.22. The number of aryl methyl sites for hydroxylation is 1. The van der Waals surface area contributed by atoms with Gasteiger partial charge in [0.05, 0.1) is 0 Å². The van der Waals surface area contributed by atoms with E-state index in [9.17, 15) is 0 Å². The number of furan rings is 1. The first-order chi connectivity index (χ1) is 8.31. The summed E-state index contributed by atoms with van der Waals surface area (Å²) in [6.45, 7) is 4.29. The number of benzene rings is 1. The molecular weight excluding hydrogens is 210 g/mol. The fraction of sp³-hybridized carbons (Fsp3) is 0.333. The maximum atomic E-state index is 5.83. The van der Waals surface area contributed by atoms with Gasteiger partial charge < -0.3 is 9.73 Å². The van der Waals surface area contributed by atoms with Gasteiger partial charge in [0.1, 0.15) is 11.3 Å². The van der Waals surface area contributed by atoms with Gasteiger partial charge in [-0.1, -0.05) is 17.2 Å². The summed E-state index contributed by atoms with van der Waals surface area (Å²) in [6, 6.07) is 8.45. The zero-order chi connectivity index (χ0) is 11.7. The molecule has 1 aliphatic heterocycles.